The summed E-state index contributed by atoms with van der Waals surface area (Å²) in [6.07, 6.45) is 0. The molecule has 0 aliphatic rings. The Hall–Kier alpha value is -3.82. The Balaban J connectivity index is 2.24. The lowest BCUT2D eigenvalue weighted by Crippen LogP contribution is -2.26. The van der Waals surface area contributed by atoms with Crippen LogP contribution in [0.3, 0.4) is 0 Å². The highest BCUT2D eigenvalue weighted by Crippen LogP contribution is 2.21. The highest BCUT2D eigenvalue weighted by Gasteiger charge is 2.20. The molecule has 10 heteroatoms. The second kappa shape index (κ2) is 10.6. The van der Waals surface area contributed by atoms with Gasteiger partial charge in [-0.15, -0.1) is 5.10 Å². The maximum atomic E-state index is 12.0. The monoisotopic (exact) mass is 417 g/mol. The van der Waals surface area contributed by atoms with Gasteiger partial charge in [-0.3, -0.25) is 4.79 Å². The number of nitrogens with zero attached hydrogens (tertiary/aromatic N) is 1. The predicted molar refractivity (Wildman–Crippen MR) is 106 cm³/mol. The van der Waals surface area contributed by atoms with Crippen molar-refractivity contribution in [2.75, 3.05) is 13.2 Å². The lowest BCUT2D eigenvalue weighted by molar-refractivity contribution is 0.0525. The summed E-state index contributed by atoms with van der Waals surface area (Å²) in [5.41, 5.74) is 7.67. The maximum absolute atomic E-state index is 12.0. The molecule has 0 unspecified atom stereocenters. The molecule has 1 aromatic heterocycles. The molecule has 2 amide bonds. The van der Waals surface area contributed by atoms with E-state index >= 15 is 0 Å². The second-order valence-corrected chi connectivity index (χ2v) is 5.87. The number of carbonyl (C=O) groups is 3. The van der Waals surface area contributed by atoms with Crippen molar-refractivity contribution in [1.82, 2.24) is 5.43 Å². The summed E-state index contributed by atoms with van der Waals surface area (Å²) in [5.74, 6) is -0.0357. The molecule has 0 spiro atoms. The van der Waals surface area contributed by atoms with E-state index in [1.807, 2.05) is 0 Å². The number of nitrogens with two attached hydrogens (primary N) is 1. The van der Waals surface area contributed by atoms with Crippen molar-refractivity contribution < 1.29 is 33.0 Å². The summed E-state index contributed by atoms with van der Waals surface area (Å²) in [5, 5.41) is 3.74. The number of ketones is 1. The van der Waals surface area contributed by atoms with Crippen LogP contribution in [0.25, 0.3) is 0 Å². The lowest BCUT2D eigenvalue weighted by Gasteiger charge is -2.07. The maximum Gasteiger partial charge on any atom is 0.338 e. The van der Waals surface area contributed by atoms with Gasteiger partial charge in [-0.1, -0.05) is 6.07 Å². The zero-order valence-electron chi connectivity index (χ0n) is 16.9. The minimum absolute atomic E-state index is 0.0469. The average molecular weight is 417 g/mol. The summed E-state index contributed by atoms with van der Waals surface area (Å²) < 4.78 is 21.7. The van der Waals surface area contributed by atoms with Gasteiger partial charge in [-0.25, -0.2) is 15.0 Å². The van der Waals surface area contributed by atoms with Crippen LogP contribution in [0.1, 0.15) is 53.0 Å². The van der Waals surface area contributed by atoms with Crippen LogP contribution in [0.2, 0.25) is 0 Å². The van der Waals surface area contributed by atoms with Gasteiger partial charge >= 0.3 is 12.0 Å². The summed E-state index contributed by atoms with van der Waals surface area (Å²) >= 11 is 0. The summed E-state index contributed by atoms with van der Waals surface area (Å²) in [4.78, 5) is 34.8. The van der Waals surface area contributed by atoms with Gasteiger partial charge in [-0.2, -0.15) is 0 Å². The van der Waals surface area contributed by atoms with Gasteiger partial charge in [0.15, 0.2) is 17.3 Å². The van der Waals surface area contributed by atoms with Crippen LogP contribution in [-0.4, -0.2) is 36.9 Å². The Bertz CT molecular complexity index is 950. The number of hydrogen-bond acceptors (Lipinski definition) is 8. The molecular formula is C20H23N3O7. The third-order valence-corrected chi connectivity index (χ3v) is 3.66. The fourth-order valence-electron chi connectivity index (χ4n) is 2.42. The topological polar surface area (TPSA) is 142 Å². The fourth-order valence-corrected chi connectivity index (χ4v) is 2.42. The number of hydrazone groups is 1. The highest BCUT2D eigenvalue weighted by atomic mass is 16.5. The average Bonchev–Trinajstić information content (AvgIpc) is 3.14. The molecule has 3 N–H and O–H groups in total. The van der Waals surface area contributed by atoms with Crippen LogP contribution < -0.4 is 15.9 Å². The molecular weight excluding hydrogens is 394 g/mol. The van der Waals surface area contributed by atoms with Gasteiger partial charge in [0, 0.05) is 6.07 Å². The van der Waals surface area contributed by atoms with Crippen LogP contribution in [0.15, 0.2) is 39.9 Å². The number of Topliss-reactive ketones (excluding diaryl/α,β-unsaturated/α-hetero) is 1. The molecule has 1 aromatic carbocycles. The van der Waals surface area contributed by atoms with Crippen LogP contribution in [0.5, 0.6) is 5.75 Å². The summed E-state index contributed by atoms with van der Waals surface area (Å²) in [6.45, 7) is 5.21. The molecule has 10 nitrogen and oxygen atoms in total. The van der Waals surface area contributed by atoms with E-state index in [0.29, 0.717) is 11.3 Å². The molecule has 0 saturated carbocycles. The quantitative estimate of drug-likeness (QED) is 0.210. The number of carbonyl (C=O) groups excluding carboxylic acids is 3. The van der Waals surface area contributed by atoms with Crippen LogP contribution in [-0.2, 0) is 16.1 Å². The number of primary amides is 1. The van der Waals surface area contributed by atoms with Gasteiger partial charge in [-0.05, 0) is 39.0 Å². The number of urea groups is 1. The Morgan fingerprint density at radius 2 is 1.87 bits per heavy atom. The standard InChI is InChI=1S/C20H23N3O7/c1-4-27-18(22-23-20(21)26)16-10-15(12(3)24)17(30-16)11-29-14-8-6-7-13(9-14)19(25)28-5-2/h6-10H,4-5,11H2,1-3H3,(H3,21,23,26). The van der Waals surface area contributed by atoms with Crippen LogP contribution in [0, 0.1) is 0 Å². The van der Waals surface area contributed by atoms with Crippen LogP contribution in [0.4, 0.5) is 4.79 Å². The third-order valence-electron chi connectivity index (χ3n) is 3.66. The van der Waals surface area contributed by atoms with Crippen molar-refractivity contribution in [1.29, 1.82) is 0 Å². The number of ether oxygens (including phenoxy) is 3. The minimum Gasteiger partial charge on any atom is -0.486 e. The van der Waals surface area contributed by atoms with E-state index in [1.165, 1.54) is 19.1 Å². The van der Waals surface area contributed by atoms with Gasteiger partial charge in [0.2, 0.25) is 0 Å². The Kier molecular flexibility index (Phi) is 7.98. The number of rotatable bonds is 9. The van der Waals surface area contributed by atoms with E-state index in [2.05, 4.69) is 10.5 Å². The second-order valence-electron chi connectivity index (χ2n) is 5.87. The highest BCUT2D eigenvalue weighted by molar-refractivity contribution is 5.99. The molecule has 30 heavy (non-hydrogen) atoms. The van der Waals surface area contributed by atoms with Gasteiger partial charge in [0.05, 0.1) is 24.3 Å². The van der Waals surface area contributed by atoms with E-state index in [0.717, 1.165) is 0 Å². The number of benzene rings is 1. The van der Waals surface area contributed by atoms with E-state index in [9.17, 15) is 14.4 Å². The fraction of sp³-hybridized carbons (Fsp3) is 0.300. The van der Waals surface area contributed by atoms with E-state index in [-0.39, 0.29) is 48.6 Å². The first-order valence-corrected chi connectivity index (χ1v) is 9.15. The minimum atomic E-state index is -0.879. The molecule has 2 aromatic rings. The molecule has 0 aliphatic carbocycles. The summed E-state index contributed by atoms with van der Waals surface area (Å²) in [7, 11) is 0. The zero-order valence-corrected chi connectivity index (χ0v) is 16.9. The number of esters is 1. The molecule has 0 bridgehead atoms. The van der Waals surface area contributed by atoms with Gasteiger partial charge in [0.1, 0.15) is 12.4 Å². The first-order valence-electron chi connectivity index (χ1n) is 9.15. The number of amides is 2. The van der Waals surface area contributed by atoms with Crippen molar-refractivity contribution in [3.05, 3.63) is 53.0 Å². The lowest BCUT2D eigenvalue weighted by atomic mass is 10.1. The SMILES string of the molecule is CCOC(=O)c1cccc(OCc2oc(C(=NNC(N)=O)OCC)cc2C(C)=O)c1. The van der Waals surface area contributed by atoms with E-state index < -0.39 is 12.0 Å². The van der Waals surface area contributed by atoms with Gasteiger partial charge < -0.3 is 24.4 Å². The number of hydrogen-bond donors (Lipinski definition) is 2. The Labute approximate surface area is 173 Å². The van der Waals surface area contributed by atoms with Crippen LogP contribution >= 0.6 is 0 Å². The molecule has 0 aliphatic heterocycles. The predicted octanol–water partition coefficient (Wildman–Crippen LogP) is 2.60. The zero-order chi connectivity index (χ0) is 22.1. The van der Waals surface area contributed by atoms with Crippen molar-refractivity contribution >= 4 is 23.7 Å². The van der Waals surface area contributed by atoms with Crippen molar-refractivity contribution in [2.24, 2.45) is 10.8 Å². The number of nitrogens with one attached hydrogen (secondary N) is 1. The molecule has 0 fully saturated rings. The Morgan fingerprint density at radius 3 is 2.50 bits per heavy atom. The largest absolute Gasteiger partial charge is 0.486 e. The molecule has 0 saturated heterocycles. The smallest absolute Gasteiger partial charge is 0.338 e. The first kappa shape index (κ1) is 22.5. The molecule has 160 valence electrons. The first-order chi connectivity index (χ1) is 14.3. The molecule has 0 radical (unpaired) electrons. The molecule has 2 rings (SSSR count). The van der Waals surface area contributed by atoms with Crippen molar-refractivity contribution in [3.8, 4) is 5.75 Å². The van der Waals surface area contributed by atoms with Crippen molar-refractivity contribution in [2.45, 2.75) is 27.4 Å². The normalized spacial score (nSPS) is 11.0. The summed E-state index contributed by atoms with van der Waals surface area (Å²) in [6, 6.07) is 7.00. The van der Waals surface area contributed by atoms with Crippen molar-refractivity contribution in [3.63, 3.8) is 0 Å². The van der Waals surface area contributed by atoms with E-state index in [4.69, 9.17) is 24.4 Å². The van der Waals surface area contributed by atoms with E-state index in [1.54, 1.807) is 32.0 Å². The molecule has 0 atom stereocenters. The number of furan rings is 1. The molecule has 1 heterocycles. The Morgan fingerprint density at radius 1 is 1.13 bits per heavy atom. The third kappa shape index (κ3) is 6.09. The van der Waals surface area contributed by atoms with Gasteiger partial charge in [0.25, 0.3) is 5.90 Å².